The molecule has 35 heavy (non-hydrogen) atoms. The molecule has 1 heterocycles. The Kier molecular flexibility index (Phi) is 11.6. The van der Waals surface area contributed by atoms with Crippen LogP contribution in [0.15, 0.2) is 17.5 Å². The van der Waals surface area contributed by atoms with Gasteiger partial charge in [-0.3, -0.25) is 24.2 Å². The first-order valence-corrected chi connectivity index (χ1v) is 10.5. The van der Waals surface area contributed by atoms with Gasteiger partial charge in [0.2, 0.25) is 17.7 Å². The van der Waals surface area contributed by atoms with Gasteiger partial charge in [-0.25, -0.2) is 9.78 Å². The zero-order valence-electron chi connectivity index (χ0n) is 19.1. The number of carboxylic acids is 2. The van der Waals surface area contributed by atoms with Crippen LogP contribution >= 0.6 is 0 Å². The average molecular weight is 498 g/mol. The normalized spacial score (nSPS) is 14.0. The van der Waals surface area contributed by atoms with E-state index in [9.17, 15) is 29.1 Å². The zero-order chi connectivity index (χ0) is 26.5. The van der Waals surface area contributed by atoms with Crippen LogP contribution in [0.1, 0.15) is 31.9 Å². The van der Waals surface area contributed by atoms with Gasteiger partial charge in [-0.05, 0) is 19.8 Å². The Morgan fingerprint density at radius 2 is 1.71 bits per heavy atom. The summed E-state index contributed by atoms with van der Waals surface area (Å²) in [4.78, 5) is 70.3. The van der Waals surface area contributed by atoms with E-state index in [1.807, 2.05) is 0 Å². The van der Waals surface area contributed by atoms with E-state index in [0.29, 0.717) is 5.69 Å². The molecule has 0 saturated heterocycles. The molecule has 0 bridgehead atoms. The second-order valence-electron chi connectivity index (χ2n) is 7.63. The predicted octanol–water partition coefficient (Wildman–Crippen LogP) is -3.63. The predicted molar refractivity (Wildman–Crippen MR) is 122 cm³/mol. The number of nitrogens with zero attached hydrogens (tertiary/aromatic N) is 2. The Hall–Kier alpha value is -4.21. The van der Waals surface area contributed by atoms with Crippen molar-refractivity contribution in [3.8, 4) is 0 Å². The highest BCUT2D eigenvalue weighted by molar-refractivity contribution is 5.95. The second-order valence-corrected chi connectivity index (χ2v) is 7.63. The standard InChI is InChI=1S/C19H31N9O7/c1-9(26-16(32)11(20)5-10-7-23-8-25-10)15(31)28-13(6-14(29)30)17(33)27-12(18(34)35)3-2-4-24-19(21)22/h7-9,11-13H,2-6,20H2,1H3,(H,23,25)(H,26,32)(H,27,33)(H,28,31)(H,29,30)(H,34,35)(H4,21,22,24). The third-order valence-electron chi connectivity index (χ3n) is 4.66. The molecule has 0 fully saturated rings. The summed E-state index contributed by atoms with van der Waals surface area (Å²) in [5.74, 6) is -5.50. The summed E-state index contributed by atoms with van der Waals surface area (Å²) in [7, 11) is 0. The number of hydrogen-bond donors (Lipinski definition) is 9. The third-order valence-corrected chi connectivity index (χ3v) is 4.66. The molecule has 0 saturated carbocycles. The molecule has 194 valence electrons. The molecule has 4 unspecified atom stereocenters. The first-order valence-electron chi connectivity index (χ1n) is 10.5. The highest BCUT2D eigenvalue weighted by Crippen LogP contribution is 2.03. The molecule has 1 aromatic rings. The van der Waals surface area contributed by atoms with E-state index >= 15 is 0 Å². The Balaban J connectivity index is 2.72. The van der Waals surface area contributed by atoms with Crippen LogP contribution in [-0.2, 0) is 30.4 Å². The van der Waals surface area contributed by atoms with E-state index in [1.165, 1.54) is 19.4 Å². The van der Waals surface area contributed by atoms with Crippen LogP contribution in [0.5, 0.6) is 0 Å². The maximum atomic E-state index is 12.6. The van der Waals surface area contributed by atoms with E-state index in [1.54, 1.807) is 0 Å². The first-order chi connectivity index (χ1) is 16.4. The number of carbonyl (C=O) groups is 5. The monoisotopic (exact) mass is 497 g/mol. The van der Waals surface area contributed by atoms with E-state index < -0.39 is 60.2 Å². The smallest absolute Gasteiger partial charge is 0.326 e. The van der Waals surface area contributed by atoms with Crippen molar-refractivity contribution in [2.75, 3.05) is 6.54 Å². The lowest BCUT2D eigenvalue weighted by Crippen LogP contribution is -2.57. The molecule has 1 rings (SSSR count). The van der Waals surface area contributed by atoms with Gasteiger partial charge in [0.1, 0.15) is 18.1 Å². The number of aliphatic carboxylic acids is 2. The number of imidazole rings is 1. The minimum absolute atomic E-state index is 0.0493. The summed E-state index contributed by atoms with van der Waals surface area (Å²) in [5.41, 5.74) is 16.8. The van der Waals surface area contributed by atoms with Crippen molar-refractivity contribution < 1.29 is 34.2 Å². The van der Waals surface area contributed by atoms with Gasteiger partial charge in [-0.1, -0.05) is 0 Å². The molecule has 3 amide bonds. The zero-order valence-corrected chi connectivity index (χ0v) is 19.1. The fraction of sp³-hybridized carbons (Fsp3) is 0.526. The molecule has 16 nitrogen and oxygen atoms in total. The first kappa shape index (κ1) is 28.8. The Morgan fingerprint density at radius 3 is 2.26 bits per heavy atom. The van der Waals surface area contributed by atoms with Gasteiger partial charge in [0.05, 0.1) is 18.8 Å². The highest BCUT2D eigenvalue weighted by Gasteiger charge is 2.30. The number of aromatic nitrogens is 2. The molecule has 0 radical (unpaired) electrons. The molecular formula is C19H31N9O7. The number of aromatic amines is 1. The second kappa shape index (κ2) is 14.1. The number of carboxylic acid groups (broad SMARTS) is 2. The van der Waals surface area contributed by atoms with E-state index in [0.717, 1.165) is 0 Å². The number of nitrogens with one attached hydrogen (secondary N) is 4. The minimum atomic E-state index is -1.60. The van der Waals surface area contributed by atoms with Crippen molar-refractivity contribution >= 4 is 35.6 Å². The summed E-state index contributed by atoms with van der Waals surface area (Å²) in [5, 5.41) is 25.2. The van der Waals surface area contributed by atoms with E-state index in [-0.39, 0.29) is 31.8 Å². The summed E-state index contributed by atoms with van der Waals surface area (Å²) in [6.45, 7) is 1.44. The van der Waals surface area contributed by atoms with Crippen molar-refractivity contribution in [1.29, 1.82) is 0 Å². The summed E-state index contributed by atoms with van der Waals surface area (Å²) < 4.78 is 0. The van der Waals surface area contributed by atoms with Gasteiger partial charge in [0.25, 0.3) is 0 Å². The molecule has 0 aromatic carbocycles. The number of nitrogens with two attached hydrogens (primary N) is 3. The highest BCUT2D eigenvalue weighted by atomic mass is 16.4. The van der Waals surface area contributed by atoms with Crippen molar-refractivity contribution in [3.63, 3.8) is 0 Å². The van der Waals surface area contributed by atoms with Crippen LogP contribution in [-0.4, -0.2) is 86.5 Å². The van der Waals surface area contributed by atoms with Crippen LogP contribution in [0.4, 0.5) is 0 Å². The average Bonchev–Trinajstić information content (AvgIpc) is 3.27. The van der Waals surface area contributed by atoms with Gasteiger partial charge >= 0.3 is 11.9 Å². The van der Waals surface area contributed by atoms with Crippen LogP contribution < -0.4 is 33.2 Å². The van der Waals surface area contributed by atoms with Crippen LogP contribution in [0.3, 0.4) is 0 Å². The number of H-pyrrole nitrogens is 1. The van der Waals surface area contributed by atoms with Crippen LogP contribution in [0.25, 0.3) is 0 Å². The number of hydrogen-bond acceptors (Lipinski definition) is 8. The number of aliphatic imine (C=N–C) groups is 1. The van der Waals surface area contributed by atoms with Crippen LogP contribution in [0.2, 0.25) is 0 Å². The number of guanidine groups is 1. The lowest BCUT2D eigenvalue weighted by Gasteiger charge is -2.23. The molecular weight excluding hydrogens is 466 g/mol. The van der Waals surface area contributed by atoms with Crippen molar-refractivity contribution in [3.05, 3.63) is 18.2 Å². The molecule has 16 heteroatoms. The summed E-state index contributed by atoms with van der Waals surface area (Å²) >= 11 is 0. The molecule has 12 N–H and O–H groups in total. The molecule has 0 aliphatic carbocycles. The van der Waals surface area contributed by atoms with E-state index in [2.05, 4.69) is 30.9 Å². The minimum Gasteiger partial charge on any atom is -0.481 e. The Bertz CT molecular complexity index is 916. The van der Waals surface area contributed by atoms with Crippen molar-refractivity contribution in [2.24, 2.45) is 22.2 Å². The number of amides is 3. The Morgan fingerprint density at radius 1 is 1.06 bits per heavy atom. The SMILES string of the molecule is CC(NC(=O)C(N)Cc1cnc[nH]1)C(=O)NC(CC(=O)O)C(=O)NC(CCCN=C(N)N)C(=O)O. The Labute approximate surface area is 200 Å². The fourth-order valence-corrected chi connectivity index (χ4v) is 2.83. The lowest BCUT2D eigenvalue weighted by molar-refractivity contribution is -0.143. The maximum Gasteiger partial charge on any atom is 0.326 e. The quantitative estimate of drug-likeness (QED) is 0.0647. The number of rotatable bonds is 15. The maximum absolute atomic E-state index is 12.6. The lowest BCUT2D eigenvalue weighted by atomic mass is 10.1. The van der Waals surface area contributed by atoms with Gasteiger partial charge in [-0.2, -0.15) is 0 Å². The van der Waals surface area contributed by atoms with Gasteiger partial charge < -0.3 is 48.3 Å². The fourth-order valence-electron chi connectivity index (χ4n) is 2.83. The van der Waals surface area contributed by atoms with Crippen molar-refractivity contribution in [2.45, 2.75) is 56.8 Å². The molecule has 0 aliphatic rings. The molecule has 4 atom stereocenters. The summed E-state index contributed by atoms with van der Waals surface area (Å²) in [6.07, 6.45) is 2.38. The molecule has 1 aromatic heterocycles. The van der Waals surface area contributed by atoms with Crippen LogP contribution in [0, 0.1) is 0 Å². The van der Waals surface area contributed by atoms with Gasteiger partial charge in [0, 0.05) is 24.9 Å². The third kappa shape index (κ3) is 11.0. The van der Waals surface area contributed by atoms with Gasteiger partial charge in [-0.15, -0.1) is 0 Å². The largest absolute Gasteiger partial charge is 0.481 e. The van der Waals surface area contributed by atoms with Gasteiger partial charge in [0.15, 0.2) is 5.96 Å². The summed E-state index contributed by atoms with van der Waals surface area (Å²) in [6, 6.07) is -5.14. The van der Waals surface area contributed by atoms with E-state index in [4.69, 9.17) is 22.3 Å². The molecule has 0 spiro atoms. The topological polar surface area (TPSA) is 281 Å². The molecule has 0 aliphatic heterocycles. The van der Waals surface area contributed by atoms with Crippen molar-refractivity contribution in [1.82, 2.24) is 25.9 Å². The number of carbonyl (C=O) groups excluding carboxylic acids is 3.